The third-order valence-electron chi connectivity index (χ3n) is 2.83. The summed E-state index contributed by atoms with van der Waals surface area (Å²) in [5, 5.41) is 10.1. The molecule has 88 valence electrons. The maximum absolute atomic E-state index is 9.41. The minimum atomic E-state index is -0.373. The third kappa shape index (κ3) is 3.24. The summed E-state index contributed by atoms with van der Waals surface area (Å²) in [7, 11) is 0. The minimum Gasteiger partial charge on any atom is -0.389 e. The molecule has 0 spiro atoms. The molecule has 2 nitrogen and oxygen atoms in total. The van der Waals surface area contributed by atoms with Gasteiger partial charge < -0.3 is 9.84 Å². The number of benzene rings is 1. The van der Waals surface area contributed by atoms with Crippen molar-refractivity contribution in [1.29, 1.82) is 0 Å². The van der Waals surface area contributed by atoms with E-state index in [1.165, 1.54) is 4.90 Å². The van der Waals surface area contributed by atoms with Crippen LogP contribution in [0.5, 0.6) is 0 Å². The highest BCUT2D eigenvalue weighted by molar-refractivity contribution is 8.00. The summed E-state index contributed by atoms with van der Waals surface area (Å²) in [6.45, 7) is 3.58. The van der Waals surface area contributed by atoms with E-state index in [0.29, 0.717) is 5.25 Å². The van der Waals surface area contributed by atoms with Crippen molar-refractivity contribution in [3.05, 3.63) is 29.8 Å². The van der Waals surface area contributed by atoms with E-state index >= 15 is 0 Å². The van der Waals surface area contributed by atoms with Gasteiger partial charge in [0, 0.05) is 23.4 Å². The highest BCUT2D eigenvalue weighted by Gasteiger charge is 2.14. The molecule has 3 heteroatoms. The van der Waals surface area contributed by atoms with Crippen LogP contribution < -0.4 is 0 Å². The fourth-order valence-electron chi connectivity index (χ4n) is 1.81. The first kappa shape index (κ1) is 12.0. The van der Waals surface area contributed by atoms with Crippen LogP contribution in [0.1, 0.15) is 31.4 Å². The van der Waals surface area contributed by atoms with Crippen LogP contribution >= 0.6 is 11.8 Å². The first-order chi connectivity index (χ1) is 7.75. The van der Waals surface area contributed by atoms with Crippen molar-refractivity contribution in [1.82, 2.24) is 0 Å². The lowest BCUT2D eigenvalue weighted by atomic mass is 10.1. The number of thioether (sulfide) groups is 1. The Morgan fingerprint density at radius 3 is 2.44 bits per heavy atom. The van der Waals surface area contributed by atoms with Crippen molar-refractivity contribution < 1.29 is 9.84 Å². The molecular formula is C13H18O2S. The van der Waals surface area contributed by atoms with Crippen molar-refractivity contribution in [2.24, 2.45) is 0 Å². The van der Waals surface area contributed by atoms with Gasteiger partial charge in [-0.25, -0.2) is 0 Å². The molecule has 0 saturated carbocycles. The molecule has 0 amide bonds. The molecule has 1 heterocycles. The second-order valence-corrected chi connectivity index (χ2v) is 5.55. The molecule has 1 saturated heterocycles. The van der Waals surface area contributed by atoms with Gasteiger partial charge in [-0.05, 0) is 37.5 Å². The van der Waals surface area contributed by atoms with Crippen LogP contribution in [0.3, 0.4) is 0 Å². The van der Waals surface area contributed by atoms with Gasteiger partial charge in [0.15, 0.2) is 0 Å². The average molecular weight is 238 g/mol. The van der Waals surface area contributed by atoms with Gasteiger partial charge in [-0.15, -0.1) is 11.8 Å². The van der Waals surface area contributed by atoms with Gasteiger partial charge in [0.25, 0.3) is 0 Å². The Bertz CT molecular complexity index is 315. The van der Waals surface area contributed by atoms with Gasteiger partial charge >= 0.3 is 0 Å². The highest BCUT2D eigenvalue weighted by Crippen LogP contribution is 2.30. The third-order valence-corrected chi connectivity index (χ3v) is 4.18. The predicted molar refractivity (Wildman–Crippen MR) is 66.8 cm³/mol. The summed E-state index contributed by atoms with van der Waals surface area (Å²) in [5.74, 6) is 0. The zero-order valence-corrected chi connectivity index (χ0v) is 10.4. The number of rotatable bonds is 3. The van der Waals surface area contributed by atoms with Crippen LogP contribution in [0.25, 0.3) is 0 Å². The van der Waals surface area contributed by atoms with E-state index in [0.717, 1.165) is 31.6 Å². The molecule has 1 aliphatic heterocycles. The van der Waals surface area contributed by atoms with E-state index in [1.54, 1.807) is 6.92 Å². The van der Waals surface area contributed by atoms with E-state index in [9.17, 15) is 5.11 Å². The maximum Gasteiger partial charge on any atom is 0.0761 e. The van der Waals surface area contributed by atoms with Gasteiger partial charge in [-0.2, -0.15) is 0 Å². The van der Waals surface area contributed by atoms with Crippen molar-refractivity contribution in [3.63, 3.8) is 0 Å². The fourth-order valence-corrected chi connectivity index (χ4v) is 2.92. The summed E-state index contributed by atoms with van der Waals surface area (Å²) in [4.78, 5) is 1.29. The first-order valence-electron chi connectivity index (χ1n) is 5.78. The summed E-state index contributed by atoms with van der Waals surface area (Å²) in [6, 6.07) is 8.21. The molecular weight excluding hydrogens is 220 g/mol. The maximum atomic E-state index is 9.41. The zero-order chi connectivity index (χ0) is 11.4. The molecule has 0 bridgehead atoms. The molecule has 2 rings (SSSR count). The molecule has 1 aliphatic rings. The van der Waals surface area contributed by atoms with Crippen LogP contribution in [-0.4, -0.2) is 23.6 Å². The van der Waals surface area contributed by atoms with Crippen molar-refractivity contribution in [3.8, 4) is 0 Å². The monoisotopic (exact) mass is 238 g/mol. The molecule has 1 N–H and O–H groups in total. The molecule has 0 aromatic heterocycles. The molecule has 16 heavy (non-hydrogen) atoms. The lowest BCUT2D eigenvalue weighted by Gasteiger charge is -2.21. The van der Waals surface area contributed by atoms with E-state index in [2.05, 4.69) is 12.1 Å². The molecule has 1 aromatic carbocycles. The van der Waals surface area contributed by atoms with Gasteiger partial charge in [0.05, 0.1) is 6.10 Å². The smallest absolute Gasteiger partial charge is 0.0761 e. The largest absolute Gasteiger partial charge is 0.389 e. The van der Waals surface area contributed by atoms with Crippen LogP contribution in [0.2, 0.25) is 0 Å². The average Bonchev–Trinajstić information content (AvgIpc) is 2.31. The summed E-state index contributed by atoms with van der Waals surface area (Å²) in [5.41, 5.74) is 0.983. The molecule has 1 fully saturated rings. The molecule has 1 atom stereocenters. The number of aliphatic hydroxyl groups is 1. The van der Waals surface area contributed by atoms with Crippen molar-refractivity contribution >= 4 is 11.8 Å². The number of hydrogen-bond donors (Lipinski definition) is 1. The Balaban J connectivity index is 1.93. The Hall–Kier alpha value is -0.510. The van der Waals surface area contributed by atoms with E-state index in [-0.39, 0.29) is 6.10 Å². The fraction of sp³-hybridized carbons (Fsp3) is 0.538. The van der Waals surface area contributed by atoms with E-state index < -0.39 is 0 Å². The Morgan fingerprint density at radius 2 is 1.88 bits per heavy atom. The lowest BCUT2D eigenvalue weighted by molar-refractivity contribution is 0.100. The number of aliphatic hydroxyl groups excluding tert-OH is 1. The van der Waals surface area contributed by atoms with Gasteiger partial charge in [0.1, 0.15) is 0 Å². The Morgan fingerprint density at radius 1 is 1.25 bits per heavy atom. The SMILES string of the molecule is CC(O)c1ccc(SC2CCOCC2)cc1. The normalized spacial score (nSPS) is 19.6. The highest BCUT2D eigenvalue weighted by atomic mass is 32.2. The molecule has 1 unspecified atom stereocenters. The first-order valence-corrected chi connectivity index (χ1v) is 6.66. The predicted octanol–water partition coefficient (Wildman–Crippen LogP) is 3.01. The summed E-state index contributed by atoms with van der Waals surface area (Å²) < 4.78 is 5.34. The zero-order valence-electron chi connectivity index (χ0n) is 9.56. The Kier molecular flexibility index (Phi) is 4.27. The second kappa shape index (κ2) is 5.71. The summed E-state index contributed by atoms with van der Waals surface area (Å²) in [6.07, 6.45) is 1.91. The van der Waals surface area contributed by atoms with Crippen molar-refractivity contribution in [2.45, 2.75) is 36.0 Å². The summed E-state index contributed by atoms with van der Waals surface area (Å²) >= 11 is 1.92. The van der Waals surface area contributed by atoms with E-state index in [4.69, 9.17) is 4.74 Å². The van der Waals surface area contributed by atoms with Crippen molar-refractivity contribution in [2.75, 3.05) is 13.2 Å². The van der Waals surface area contributed by atoms with Gasteiger partial charge in [-0.1, -0.05) is 12.1 Å². The molecule has 0 radical (unpaired) electrons. The molecule has 0 aliphatic carbocycles. The Labute approximate surface area is 101 Å². The van der Waals surface area contributed by atoms with Crippen LogP contribution in [0.15, 0.2) is 29.2 Å². The number of hydrogen-bond acceptors (Lipinski definition) is 3. The van der Waals surface area contributed by atoms with Crippen LogP contribution in [-0.2, 0) is 4.74 Å². The quantitative estimate of drug-likeness (QED) is 0.877. The van der Waals surface area contributed by atoms with E-state index in [1.807, 2.05) is 23.9 Å². The van der Waals surface area contributed by atoms with Crippen LogP contribution in [0, 0.1) is 0 Å². The lowest BCUT2D eigenvalue weighted by Crippen LogP contribution is -2.17. The number of ether oxygens (including phenoxy) is 1. The van der Waals surface area contributed by atoms with Gasteiger partial charge in [0.2, 0.25) is 0 Å². The minimum absolute atomic E-state index is 0.373. The van der Waals surface area contributed by atoms with Crippen LogP contribution in [0.4, 0.5) is 0 Å². The topological polar surface area (TPSA) is 29.5 Å². The second-order valence-electron chi connectivity index (χ2n) is 4.17. The van der Waals surface area contributed by atoms with Gasteiger partial charge in [-0.3, -0.25) is 0 Å². The standard InChI is InChI=1S/C13H18O2S/c1-10(14)11-2-4-12(5-3-11)16-13-6-8-15-9-7-13/h2-5,10,13-14H,6-9H2,1H3. The molecule has 1 aromatic rings.